The van der Waals surface area contributed by atoms with Crippen LogP contribution in [0, 0.1) is 0 Å². The second-order valence-corrected chi connectivity index (χ2v) is 7.94. The molecular formula is C19H21N3O5S. The number of pyridine rings is 1. The molecule has 1 aliphatic heterocycles. The number of anilines is 1. The Morgan fingerprint density at radius 3 is 2.50 bits per heavy atom. The number of carbonyl (C=O) groups excluding carboxylic acids is 1. The first-order valence-corrected chi connectivity index (χ1v) is 10.1. The Kier molecular flexibility index (Phi) is 6.40. The van der Waals surface area contributed by atoms with Gasteiger partial charge in [-0.05, 0) is 29.8 Å². The summed E-state index contributed by atoms with van der Waals surface area (Å²) in [4.78, 5) is 16.2. The van der Waals surface area contributed by atoms with Crippen molar-refractivity contribution in [1.82, 2.24) is 9.29 Å². The SMILES string of the molecule is COc1ccc(NC(=O)/C=C/c2ccc(S(=O)(=O)N3CCOCC3)cc2)cn1. The number of hydrogen-bond donors (Lipinski definition) is 1. The Balaban J connectivity index is 1.62. The molecule has 1 aliphatic rings. The summed E-state index contributed by atoms with van der Waals surface area (Å²) < 4.78 is 36.7. The highest BCUT2D eigenvalue weighted by Gasteiger charge is 2.25. The molecule has 148 valence electrons. The Bertz CT molecular complexity index is 935. The molecule has 1 fully saturated rings. The molecule has 3 rings (SSSR count). The number of methoxy groups -OCH3 is 1. The zero-order valence-electron chi connectivity index (χ0n) is 15.4. The van der Waals surface area contributed by atoms with Crippen LogP contribution in [0.3, 0.4) is 0 Å². The summed E-state index contributed by atoms with van der Waals surface area (Å²) in [6, 6.07) is 9.72. The van der Waals surface area contributed by atoms with Crippen molar-refractivity contribution in [2.75, 3.05) is 38.7 Å². The molecule has 2 heterocycles. The molecule has 0 unspecified atom stereocenters. The summed E-state index contributed by atoms with van der Waals surface area (Å²) in [5.74, 6) is 0.137. The van der Waals surface area contributed by atoms with Crippen molar-refractivity contribution in [3.05, 3.63) is 54.2 Å². The number of amides is 1. The smallest absolute Gasteiger partial charge is 0.248 e. The van der Waals surface area contributed by atoms with Gasteiger partial charge in [-0.3, -0.25) is 4.79 Å². The third-order valence-electron chi connectivity index (χ3n) is 4.13. The number of morpholine rings is 1. The van der Waals surface area contributed by atoms with Crippen LogP contribution < -0.4 is 10.1 Å². The highest BCUT2D eigenvalue weighted by Crippen LogP contribution is 2.18. The van der Waals surface area contributed by atoms with Gasteiger partial charge < -0.3 is 14.8 Å². The number of nitrogens with zero attached hydrogens (tertiary/aromatic N) is 2. The molecule has 1 amide bonds. The normalized spacial score (nSPS) is 15.5. The van der Waals surface area contributed by atoms with Crippen molar-refractivity contribution in [2.45, 2.75) is 4.90 Å². The van der Waals surface area contributed by atoms with Gasteiger partial charge in [-0.2, -0.15) is 4.31 Å². The molecule has 0 aliphatic carbocycles. The Hall–Kier alpha value is -2.75. The van der Waals surface area contributed by atoms with E-state index < -0.39 is 10.0 Å². The van der Waals surface area contributed by atoms with E-state index in [1.54, 1.807) is 30.3 Å². The number of nitrogens with one attached hydrogen (secondary N) is 1. The number of rotatable bonds is 6. The van der Waals surface area contributed by atoms with Gasteiger partial charge in [0, 0.05) is 25.2 Å². The van der Waals surface area contributed by atoms with Gasteiger partial charge in [0.25, 0.3) is 0 Å². The van der Waals surface area contributed by atoms with E-state index in [1.165, 1.54) is 35.8 Å². The maximum absolute atomic E-state index is 12.6. The maximum Gasteiger partial charge on any atom is 0.248 e. The van der Waals surface area contributed by atoms with E-state index in [0.717, 1.165) is 0 Å². The van der Waals surface area contributed by atoms with Crippen molar-refractivity contribution < 1.29 is 22.7 Å². The monoisotopic (exact) mass is 403 g/mol. The fourth-order valence-electron chi connectivity index (χ4n) is 2.62. The molecule has 0 radical (unpaired) electrons. The molecule has 8 nitrogen and oxygen atoms in total. The summed E-state index contributed by atoms with van der Waals surface area (Å²) in [5.41, 5.74) is 1.26. The van der Waals surface area contributed by atoms with E-state index in [-0.39, 0.29) is 10.8 Å². The molecule has 1 aromatic carbocycles. The largest absolute Gasteiger partial charge is 0.481 e. The van der Waals surface area contributed by atoms with Crippen LogP contribution in [0.2, 0.25) is 0 Å². The molecular weight excluding hydrogens is 382 g/mol. The third-order valence-corrected chi connectivity index (χ3v) is 6.04. The maximum atomic E-state index is 12.6. The minimum Gasteiger partial charge on any atom is -0.481 e. The summed E-state index contributed by atoms with van der Waals surface area (Å²) in [7, 11) is -2.01. The molecule has 0 spiro atoms. The average molecular weight is 403 g/mol. The zero-order chi connectivity index (χ0) is 20.0. The Morgan fingerprint density at radius 1 is 1.18 bits per heavy atom. The average Bonchev–Trinajstić information content (AvgIpc) is 2.74. The number of hydrogen-bond acceptors (Lipinski definition) is 6. The molecule has 0 bridgehead atoms. The van der Waals surface area contributed by atoms with E-state index in [9.17, 15) is 13.2 Å². The van der Waals surface area contributed by atoms with Gasteiger partial charge in [-0.1, -0.05) is 12.1 Å². The van der Waals surface area contributed by atoms with Gasteiger partial charge in [0.05, 0.1) is 37.1 Å². The van der Waals surface area contributed by atoms with Crippen molar-refractivity contribution >= 4 is 27.7 Å². The number of benzene rings is 1. The quantitative estimate of drug-likeness (QED) is 0.738. The van der Waals surface area contributed by atoms with Crippen LogP contribution in [0.5, 0.6) is 5.88 Å². The fraction of sp³-hybridized carbons (Fsp3) is 0.263. The molecule has 0 saturated carbocycles. The second-order valence-electron chi connectivity index (χ2n) is 6.00. The lowest BCUT2D eigenvalue weighted by atomic mass is 10.2. The van der Waals surface area contributed by atoms with E-state index in [0.29, 0.717) is 43.4 Å². The summed E-state index contributed by atoms with van der Waals surface area (Å²) in [5, 5.41) is 2.68. The van der Waals surface area contributed by atoms with Crippen LogP contribution in [0.25, 0.3) is 6.08 Å². The van der Waals surface area contributed by atoms with Gasteiger partial charge in [-0.25, -0.2) is 13.4 Å². The van der Waals surface area contributed by atoms with Crippen LogP contribution in [0.1, 0.15) is 5.56 Å². The first-order chi connectivity index (χ1) is 13.5. The van der Waals surface area contributed by atoms with Crippen molar-refractivity contribution in [1.29, 1.82) is 0 Å². The lowest BCUT2D eigenvalue weighted by molar-refractivity contribution is -0.111. The van der Waals surface area contributed by atoms with Crippen LogP contribution in [0.4, 0.5) is 5.69 Å². The van der Waals surface area contributed by atoms with Gasteiger partial charge in [0.1, 0.15) is 0 Å². The number of carbonyl (C=O) groups is 1. The summed E-state index contributed by atoms with van der Waals surface area (Å²) in [6.07, 6.45) is 4.48. The molecule has 1 aromatic heterocycles. The molecule has 0 atom stereocenters. The lowest BCUT2D eigenvalue weighted by Crippen LogP contribution is -2.40. The van der Waals surface area contributed by atoms with Gasteiger partial charge in [0.15, 0.2) is 0 Å². The van der Waals surface area contributed by atoms with E-state index in [4.69, 9.17) is 9.47 Å². The van der Waals surface area contributed by atoms with Crippen molar-refractivity contribution in [3.8, 4) is 5.88 Å². The van der Waals surface area contributed by atoms with Gasteiger partial charge in [-0.15, -0.1) is 0 Å². The third kappa shape index (κ3) is 4.94. The molecule has 9 heteroatoms. The van der Waals surface area contributed by atoms with Gasteiger partial charge >= 0.3 is 0 Å². The highest BCUT2D eigenvalue weighted by atomic mass is 32.2. The van der Waals surface area contributed by atoms with Crippen molar-refractivity contribution in [3.63, 3.8) is 0 Å². The Morgan fingerprint density at radius 2 is 1.89 bits per heavy atom. The topological polar surface area (TPSA) is 97.8 Å². The number of aromatic nitrogens is 1. The summed E-state index contributed by atoms with van der Waals surface area (Å²) >= 11 is 0. The van der Waals surface area contributed by atoms with Crippen LogP contribution >= 0.6 is 0 Å². The minimum atomic E-state index is -3.52. The predicted octanol–water partition coefficient (Wildman–Crippen LogP) is 1.76. The number of sulfonamides is 1. The molecule has 1 N–H and O–H groups in total. The molecule has 1 saturated heterocycles. The molecule has 28 heavy (non-hydrogen) atoms. The van der Waals surface area contributed by atoms with Crippen LogP contribution in [-0.4, -0.2) is 57.0 Å². The number of ether oxygens (including phenoxy) is 2. The standard InChI is InChI=1S/C19H21N3O5S/c1-26-19-9-5-16(14-20-19)21-18(23)8-4-15-2-6-17(7-3-15)28(24,25)22-10-12-27-13-11-22/h2-9,14H,10-13H2,1H3,(H,21,23)/b8-4+. The van der Waals surface area contributed by atoms with E-state index >= 15 is 0 Å². The van der Waals surface area contributed by atoms with E-state index in [2.05, 4.69) is 10.3 Å². The van der Waals surface area contributed by atoms with E-state index in [1.807, 2.05) is 0 Å². The minimum absolute atomic E-state index is 0.223. The lowest BCUT2D eigenvalue weighted by Gasteiger charge is -2.26. The predicted molar refractivity (Wildman–Crippen MR) is 104 cm³/mol. The zero-order valence-corrected chi connectivity index (χ0v) is 16.2. The summed E-state index contributed by atoms with van der Waals surface area (Å²) in [6.45, 7) is 1.51. The first-order valence-electron chi connectivity index (χ1n) is 8.66. The fourth-order valence-corrected chi connectivity index (χ4v) is 4.03. The van der Waals surface area contributed by atoms with Crippen LogP contribution in [0.15, 0.2) is 53.6 Å². The second kappa shape index (κ2) is 8.96. The first kappa shape index (κ1) is 20.0. The molecule has 2 aromatic rings. The van der Waals surface area contributed by atoms with Crippen molar-refractivity contribution in [2.24, 2.45) is 0 Å². The highest BCUT2D eigenvalue weighted by molar-refractivity contribution is 7.89. The van der Waals surface area contributed by atoms with Crippen LogP contribution in [-0.2, 0) is 19.6 Å². The van der Waals surface area contributed by atoms with Gasteiger partial charge in [0.2, 0.25) is 21.8 Å². The Labute approximate surface area is 163 Å².